The Morgan fingerprint density at radius 3 is 2.75 bits per heavy atom. The number of hydrogen-bond donors (Lipinski definition) is 0. The highest BCUT2D eigenvalue weighted by molar-refractivity contribution is 7.99. The fraction of sp³-hybridized carbons (Fsp3) is 0.471. The van der Waals surface area contributed by atoms with E-state index in [-0.39, 0.29) is 5.91 Å². The van der Waals surface area contributed by atoms with E-state index in [1.165, 1.54) is 17.3 Å². The molecule has 1 unspecified atom stereocenters. The maximum Gasteiger partial charge on any atom is 0.277 e. The van der Waals surface area contributed by atoms with Crippen LogP contribution >= 0.6 is 11.8 Å². The summed E-state index contributed by atoms with van der Waals surface area (Å²) >= 11 is 1.29. The minimum atomic E-state index is 0.0840. The predicted octanol–water partition coefficient (Wildman–Crippen LogP) is 2.37. The van der Waals surface area contributed by atoms with Gasteiger partial charge in [0.25, 0.3) is 5.22 Å². The van der Waals surface area contributed by atoms with Gasteiger partial charge in [0.15, 0.2) is 0 Å². The quantitative estimate of drug-likeness (QED) is 0.747. The summed E-state index contributed by atoms with van der Waals surface area (Å²) in [7, 11) is 0. The average Bonchev–Trinajstić information content (AvgIpc) is 3.08. The number of aromatic nitrogens is 2. The van der Waals surface area contributed by atoms with Crippen LogP contribution in [0.3, 0.4) is 0 Å². The Kier molecular flexibility index (Phi) is 5.87. The van der Waals surface area contributed by atoms with Crippen LogP contribution in [-0.4, -0.2) is 53.1 Å². The lowest BCUT2D eigenvalue weighted by atomic mass is 9.98. The van der Waals surface area contributed by atoms with Crippen LogP contribution < -0.4 is 0 Å². The van der Waals surface area contributed by atoms with Gasteiger partial charge in [-0.15, -0.1) is 10.2 Å². The highest BCUT2D eigenvalue weighted by Gasteiger charge is 2.18. The predicted molar refractivity (Wildman–Crippen MR) is 91.0 cm³/mol. The van der Waals surface area contributed by atoms with Gasteiger partial charge in [-0.3, -0.25) is 4.79 Å². The van der Waals surface area contributed by atoms with Crippen molar-refractivity contribution in [3.8, 4) is 0 Å². The van der Waals surface area contributed by atoms with Crippen molar-refractivity contribution in [3.05, 3.63) is 41.8 Å². The Bertz CT molecular complexity index is 656. The highest BCUT2D eigenvalue weighted by Crippen LogP contribution is 2.22. The van der Waals surface area contributed by atoms with Crippen molar-refractivity contribution in [1.29, 1.82) is 0 Å². The molecule has 0 N–H and O–H groups in total. The molecule has 2 heterocycles. The van der Waals surface area contributed by atoms with Gasteiger partial charge in [-0.1, -0.05) is 49.0 Å². The molecule has 1 aromatic carbocycles. The first kappa shape index (κ1) is 17.0. The Morgan fingerprint density at radius 2 is 2.00 bits per heavy atom. The smallest absolute Gasteiger partial charge is 0.277 e. The van der Waals surface area contributed by atoms with E-state index in [4.69, 9.17) is 9.15 Å². The Hall–Kier alpha value is -1.86. The molecule has 0 saturated carbocycles. The second kappa shape index (κ2) is 8.30. The molecule has 0 bridgehead atoms. The summed E-state index contributed by atoms with van der Waals surface area (Å²) in [5, 5.41) is 8.57. The number of benzene rings is 1. The van der Waals surface area contributed by atoms with Gasteiger partial charge in [-0.05, 0) is 11.5 Å². The van der Waals surface area contributed by atoms with Gasteiger partial charge >= 0.3 is 0 Å². The molecule has 3 rings (SSSR count). The minimum Gasteiger partial charge on any atom is -0.416 e. The Labute approximate surface area is 145 Å². The molecule has 1 saturated heterocycles. The van der Waals surface area contributed by atoms with E-state index in [2.05, 4.69) is 29.3 Å². The maximum absolute atomic E-state index is 12.1. The number of carbonyl (C=O) groups is 1. The third-order valence-electron chi connectivity index (χ3n) is 3.98. The number of ether oxygens (including phenoxy) is 1. The molecule has 0 spiro atoms. The summed E-state index contributed by atoms with van der Waals surface area (Å²) in [6.45, 7) is 4.66. The average molecular weight is 347 g/mol. The van der Waals surface area contributed by atoms with Crippen molar-refractivity contribution in [3.63, 3.8) is 0 Å². The topological polar surface area (TPSA) is 68.5 Å². The van der Waals surface area contributed by atoms with Gasteiger partial charge < -0.3 is 14.1 Å². The zero-order valence-electron chi connectivity index (χ0n) is 13.7. The highest BCUT2D eigenvalue weighted by atomic mass is 32.2. The van der Waals surface area contributed by atoms with Gasteiger partial charge in [0.05, 0.1) is 19.0 Å². The minimum absolute atomic E-state index is 0.0840. The van der Waals surface area contributed by atoms with Gasteiger partial charge in [0, 0.05) is 19.5 Å². The first-order valence-electron chi connectivity index (χ1n) is 8.08. The van der Waals surface area contributed by atoms with Crippen LogP contribution in [0.25, 0.3) is 0 Å². The third-order valence-corrected chi connectivity index (χ3v) is 4.78. The number of nitrogens with zero attached hydrogens (tertiary/aromatic N) is 3. The van der Waals surface area contributed by atoms with E-state index in [1.807, 2.05) is 23.1 Å². The van der Waals surface area contributed by atoms with Crippen molar-refractivity contribution in [2.24, 2.45) is 0 Å². The van der Waals surface area contributed by atoms with Gasteiger partial charge in [0.2, 0.25) is 11.8 Å². The molecule has 1 amide bonds. The van der Waals surface area contributed by atoms with Crippen molar-refractivity contribution in [2.75, 3.05) is 32.1 Å². The number of morpholine rings is 1. The molecule has 1 aliphatic rings. The van der Waals surface area contributed by atoms with Crippen LogP contribution in [0.15, 0.2) is 40.0 Å². The Morgan fingerprint density at radius 1 is 1.25 bits per heavy atom. The van der Waals surface area contributed by atoms with Crippen LogP contribution in [0, 0.1) is 0 Å². The van der Waals surface area contributed by atoms with E-state index in [0.29, 0.717) is 55.5 Å². The third kappa shape index (κ3) is 4.58. The lowest BCUT2D eigenvalue weighted by Gasteiger charge is -2.26. The number of amides is 1. The molecule has 24 heavy (non-hydrogen) atoms. The van der Waals surface area contributed by atoms with Crippen LogP contribution in [0.1, 0.15) is 24.3 Å². The van der Waals surface area contributed by atoms with E-state index in [9.17, 15) is 4.79 Å². The number of hydrogen-bond acceptors (Lipinski definition) is 6. The fourth-order valence-corrected chi connectivity index (χ4v) is 3.25. The van der Waals surface area contributed by atoms with Crippen LogP contribution in [0.5, 0.6) is 0 Å². The molecule has 1 aromatic heterocycles. The van der Waals surface area contributed by atoms with E-state index < -0.39 is 0 Å². The van der Waals surface area contributed by atoms with Crippen molar-refractivity contribution in [2.45, 2.75) is 24.5 Å². The first-order valence-corrected chi connectivity index (χ1v) is 9.06. The number of thioether (sulfide) groups is 1. The normalized spacial score (nSPS) is 16.1. The second-order valence-electron chi connectivity index (χ2n) is 5.76. The van der Waals surface area contributed by atoms with E-state index in [0.717, 1.165) is 0 Å². The summed E-state index contributed by atoms with van der Waals surface area (Å²) in [6.07, 6.45) is 0.689. The molecule has 0 radical (unpaired) electrons. The zero-order chi connectivity index (χ0) is 16.8. The molecule has 2 aromatic rings. The van der Waals surface area contributed by atoms with Crippen LogP contribution in [0.2, 0.25) is 0 Å². The lowest BCUT2D eigenvalue weighted by Crippen LogP contribution is -2.41. The summed E-state index contributed by atoms with van der Waals surface area (Å²) in [5.74, 6) is 1.31. The van der Waals surface area contributed by atoms with Crippen molar-refractivity contribution in [1.82, 2.24) is 15.1 Å². The lowest BCUT2D eigenvalue weighted by molar-refractivity contribution is -0.132. The Balaban J connectivity index is 1.49. The van der Waals surface area contributed by atoms with Gasteiger partial charge in [-0.2, -0.15) is 0 Å². The van der Waals surface area contributed by atoms with Crippen LogP contribution in [0.4, 0.5) is 0 Å². The van der Waals surface area contributed by atoms with Gasteiger partial charge in [-0.25, -0.2) is 0 Å². The van der Waals surface area contributed by atoms with Gasteiger partial charge in [0.1, 0.15) is 0 Å². The monoisotopic (exact) mass is 347 g/mol. The number of carbonyl (C=O) groups excluding carboxylic acids is 1. The van der Waals surface area contributed by atoms with E-state index >= 15 is 0 Å². The molecule has 1 fully saturated rings. The maximum atomic E-state index is 12.1. The summed E-state index contributed by atoms with van der Waals surface area (Å²) < 4.78 is 10.9. The molecule has 7 heteroatoms. The first-order chi connectivity index (χ1) is 11.7. The molecule has 6 nitrogen and oxygen atoms in total. The molecular weight excluding hydrogens is 326 g/mol. The largest absolute Gasteiger partial charge is 0.416 e. The standard InChI is InChI=1S/C17H21N3O3S/c1-13(14-5-3-2-4-6-14)11-15-18-19-17(23-15)24-12-16(21)20-7-9-22-10-8-20/h2-6,13H,7-12H2,1H3. The molecule has 128 valence electrons. The fourth-order valence-electron chi connectivity index (χ4n) is 2.57. The molecular formula is C17H21N3O3S. The van der Waals surface area contributed by atoms with Crippen molar-refractivity contribution < 1.29 is 13.9 Å². The van der Waals surface area contributed by atoms with Crippen molar-refractivity contribution >= 4 is 17.7 Å². The number of rotatable bonds is 6. The molecule has 1 atom stereocenters. The molecule has 0 aliphatic carbocycles. The van der Waals surface area contributed by atoms with Crippen LogP contribution in [-0.2, 0) is 16.0 Å². The molecule has 1 aliphatic heterocycles. The summed E-state index contributed by atoms with van der Waals surface area (Å²) in [4.78, 5) is 13.9. The zero-order valence-corrected chi connectivity index (χ0v) is 14.5. The second-order valence-corrected chi connectivity index (χ2v) is 6.69. The SMILES string of the molecule is CC(Cc1nnc(SCC(=O)N2CCOCC2)o1)c1ccccc1. The summed E-state index contributed by atoms with van der Waals surface area (Å²) in [5.41, 5.74) is 1.24. The summed E-state index contributed by atoms with van der Waals surface area (Å²) in [6, 6.07) is 10.2. The van der Waals surface area contributed by atoms with E-state index in [1.54, 1.807) is 0 Å².